The van der Waals surface area contributed by atoms with Gasteiger partial charge in [-0.15, -0.1) is 0 Å². The van der Waals surface area contributed by atoms with Gasteiger partial charge in [-0.2, -0.15) is 0 Å². The number of hydrogen-bond acceptors (Lipinski definition) is 6. The van der Waals surface area contributed by atoms with Crippen LogP contribution in [-0.4, -0.2) is 77.9 Å². The minimum Gasteiger partial charge on any atom is -0.481 e. The Morgan fingerprint density at radius 1 is 0.719 bits per heavy atom. The van der Waals surface area contributed by atoms with Crippen molar-refractivity contribution in [1.29, 1.82) is 0 Å². The molecule has 0 aromatic heterocycles. The van der Waals surface area contributed by atoms with Crippen molar-refractivity contribution in [3.05, 3.63) is 0 Å². The molecule has 186 valence electrons. The first-order valence-electron chi connectivity index (χ1n) is 10.8. The van der Waals surface area contributed by atoms with Crippen LogP contribution in [0.3, 0.4) is 0 Å². The van der Waals surface area contributed by atoms with E-state index >= 15 is 0 Å². The zero-order valence-electron chi connectivity index (χ0n) is 20.2. The van der Waals surface area contributed by atoms with E-state index in [1.165, 1.54) is 0 Å². The van der Waals surface area contributed by atoms with Crippen molar-refractivity contribution in [2.24, 2.45) is 11.8 Å². The van der Waals surface area contributed by atoms with Gasteiger partial charge in [-0.3, -0.25) is 19.2 Å². The van der Waals surface area contributed by atoms with Crippen molar-refractivity contribution in [1.82, 2.24) is 10.6 Å². The molecule has 0 aromatic carbocycles. The average Bonchev–Trinajstić information content (AvgIpc) is 2.70. The highest BCUT2D eigenvalue weighted by molar-refractivity contribution is 6.71. The summed E-state index contributed by atoms with van der Waals surface area (Å²) in [6.45, 7) is 8.92. The van der Waals surface area contributed by atoms with Gasteiger partial charge in [0.1, 0.15) is 0 Å². The lowest BCUT2D eigenvalue weighted by Crippen LogP contribution is -2.39. The number of nitrogens with one attached hydrogen (secondary N) is 2. The molecule has 0 spiro atoms. The highest BCUT2D eigenvalue weighted by Gasteiger charge is 2.37. The van der Waals surface area contributed by atoms with Gasteiger partial charge in [0.25, 0.3) is 0 Å². The molecule has 12 heteroatoms. The monoisotopic (exact) mass is 492 g/mol. The predicted octanol–water partition coefficient (Wildman–Crippen LogP) is 1.88. The Labute approximate surface area is 192 Å². The van der Waals surface area contributed by atoms with Crippen molar-refractivity contribution < 1.29 is 38.2 Å². The average molecular weight is 493 g/mol. The summed E-state index contributed by atoms with van der Waals surface area (Å²) < 4.78 is 10.9. The number of carboxylic acids is 2. The molecule has 0 bridgehead atoms. The van der Waals surface area contributed by atoms with E-state index in [-0.39, 0.29) is 0 Å². The van der Waals surface area contributed by atoms with Crippen molar-refractivity contribution in [2.75, 3.05) is 27.3 Å². The van der Waals surface area contributed by atoms with E-state index in [1.54, 1.807) is 14.2 Å². The molecule has 2 unspecified atom stereocenters. The van der Waals surface area contributed by atoms with Gasteiger partial charge in [-0.05, 0) is 51.1 Å². The first-order valence-corrected chi connectivity index (χ1v) is 17.1. The number of carbonyl (C=O) groups excluding carboxylic acids is 2. The van der Waals surface area contributed by atoms with Crippen LogP contribution in [0.1, 0.15) is 25.7 Å². The Balaban J connectivity index is 4.74. The second kappa shape index (κ2) is 14.4. The van der Waals surface area contributed by atoms with E-state index in [1.807, 2.05) is 0 Å². The summed E-state index contributed by atoms with van der Waals surface area (Å²) in [5.74, 6) is -6.92. The minimum absolute atomic E-state index is 0.352. The van der Waals surface area contributed by atoms with E-state index in [0.717, 1.165) is 12.1 Å². The van der Waals surface area contributed by atoms with Crippen LogP contribution >= 0.6 is 0 Å². The van der Waals surface area contributed by atoms with Gasteiger partial charge in [0.2, 0.25) is 11.8 Å². The third-order valence-electron chi connectivity index (χ3n) is 5.59. The van der Waals surface area contributed by atoms with E-state index in [0.29, 0.717) is 25.9 Å². The zero-order chi connectivity index (χ0) is 24.9. The Morgan fingerprint density at radius 2 is 1.03 bits per heavy atom. The van der Waals surface area contributed by atoms with E-state index in [2.05, 4.69) is 36.8 Å². The summed E-state index contributed by atoms with van der Waals surface area (Å²) >= 11 is 0. The second-order valence-corrected chi connectivity index (χ2v) is 18.0. The molecule has 10 nitrogen and oxygen atoms in total. The van der Waals surface area contributed by atoms with E-state index in [4.69, 9.17) is 8.85 Å². The van der Waals surface area contributed by atoms with Gasteiger partial charge in [0.15, 0.2) is 16.6 Å². The van der Waals surface area contributed by atoms with Crippen molar-refractivity contribution in [3.8, 4) is 0 Å². The molecule has 0 saturated carbocycles. The molecule has 2 atom stereocenters. The number of rotatable bonds is 17. The van der Waals surface area contributed by atoms with Crippen LogP contribution < -0.4 is 10.6 Å². The lowest BCUT2D eigenvalue weighted by molar-refractivity contribution is -0.156. The van der Waals surface area contributed by atoms with Crippen LogP contribution in [0.4, 0.5) is 0 Å². The first-order chi connectivity index (χ1) is 14.7. The SMILES string of the molecule is CO[Si](C)(C)CCCNC(=O)CC(C(=O)O)C(CC(=O)NCCC[Si](C)(C)OC)C(=O)O. The zero-order valence-corrected chi connectivity index (χ0v) is 22.2. The summed E-state index contributed by atoms with van der Waals surface area (Å²) in [5, 5.41) is 24.3. The maximum Gasteiger partial charge on any atom is 0.307 e. The lowest BCUT2D eigenvalue weighted by Gasteiger charge is -2.21. The van der Waals surface area contributed by atoms with Crippen LogP contribution in [0.15, 0.2) is 0 Å². The molecule has 0 aliphatic carbocycles. The topological polar surface area (TPSA) is 151 Å². The van der Waals surface area contributed by atoms with Gasteiger partial charge in [0, 0.05) is 40.2 Å². The lowest BCUT2D eigenvalue weighted by atomic mass is 9.86. The van der Waals surface area contributed by atoms with Crippen LogP contribution in [0.25, 0.3) is 0 Å². The summed E-state index contributed by atoms with van der Waals surface area (Å²) in [4.78, 5) is 47.7. The third kappa shape index (κ3) is 12.9. The van der Waals surface area contributed by atoms with Gasteiger partial charge < -0.3 is 29.7 Å². The highest BCUT2D eigenvalue weighted by Crippen LogP contribution is 2.21. The van der Waals surface area contributed by atoms with E-state index < -0.39 is 65.1 Å². The Hall–Kier alpha value is -1.77. The summed E-state index contributed by atoms with van der Waals surface area (Å²) in [6.07, 6.45) is 0.366. The molecule has 0 fully saturated rings. The quantitative estimate of drug-likeness (QED) is 0.177. The summed E-state index contributed by atoms with van der Waals surface area (Å²) in [7, 11) is -0.181. The summed E-state index contributed by atoms with van der Waals surface area (Å²) in [5.41, 5.74) is 0. The minimum atomic E-state index is -1.75. The van der Waals surface area contributed by atoms with E-state index in [9.17, 15) is 29.4 Å². The molecule has 0 saturated heterocycles. The molecule has 2 amide bonds. The number of carbonyl (C=O) groups is 4. The summed E-state index contributed by atoms with van der Waals surface area (Å²) in [6, 6.07) is 1.65. The van der Waals surface area contributed by atoms with Crippen molar-refractivity contribution in [2.45, 2.75) is 64.0 Å². The number of aliphatic carboxylic acids is 2. The maximum atomic E-state index is 12.2. The number of hydrogen-bond donors (Lipinski definition) is 4. The fourth-order valence-corrected chi connectivity index (χ4v) is 5.50. The number of carboxylic acid groups (broad SMARTS) is 2. The Kier molecular flexibility index (Phi) is 13.6. The van der Waals surface area contributed by atoms with Crippen LogP contribution in [0.2, 0.25) is 38.3 Å². The van der Waals surface area contributed by atoms with Crippen LogP contribution in [0, 0.1) is 11.8 Å². The van der Waals surface area contributed by atoms with Crippen molar-refractivity contribution >= 4 is 40.4 Å². The fourth-order valence-electron chi connectivity index (χ4n) is 3.04. The molecule has 0 rings (SSSR count). The van der Waals surface area contributed by atoms with Gasteiger partial charge in [-0.25, -0.2) is 0 Å². The first kappa shape index (κ1) is 30.2. The molecule has 0 aromatic rings. The fraction of sp³-hybridized carbons (Fsp3) is 0.800. The molecule has 4 N–H and O–H groups in total. The standard InChI is InChI=1S/C20H40N2O8Si2/c1-29-31(3,4)11-7-9-21-17(23)13-15(19(25)26)16(20(27)28)14-18(24)22-10-8-12-32(5,6)30-2/h15-16H,7-14H2,1-6H3,(H,21,23)(H,22,24)(H,25,26)(H,27,28). The molecular formula is C20H40N2O8Si2. The highest BCUT2D eigenvalue weighted by atomic mass is 28.4. The molecule has 0 heterocycles. The Morgan fingerprint density at radius 3 is 1.28 bits per heavy atom. The third-order valence-corrected chi connectivity index (χ3v) is 10.9. The van der Waals surface area contributed by atoms with Crippen LogP contribution in [-0.2, 0) is 28.0 Å². The van der Waals surface area contributed by atoms with Crippen molar-refractivity contribution in [3.63, 3.8) is 0 Å². The molecule has 0 aliphatic rings. The molecule has 0 aliphatic heterocycles. The molecule has 0 radical (unpaired) electrons. The molecular weight excluding hydrogens is 452 g/mol. The normalized spacial score (nSPS) is 13.8. The maximum absolute atomic E-state index is 12.2. The largest absolute Gasteiger partial charge is 0.481 e. The van der Waals surface area contributed by atoms with Crippen LogP contribution in [0.5, 0.6) is 0 Å². The van der Waals surface area contributed by atoms with Gasteiger partial charge >= 0.3 is 11.9 Å². The predicted molar refractivity (Wildman–Crippen MR) is 125 cm³/mol. The van der Waals surface area contributed by atoms with Gasteiger partial charge in [-0.1, -0.05) is 0 Å². The number of amides is 2. The van der Waals surface area contributed by atoms with Gasteiger partial charge in [0.05, 0.1) is 11.8 Å². The Bertz CT molecular complexity index is 589. The molecule has 32 heavy (non-hydrogen) atoms. The smallest absolute Gasteiger partial charge is 0.307 e. The second-order valence-electron chi connectivity index (χ2n) is 9.13.